The van der Waals surface area contributed by atoms with Crippen LogP contribution in [-0.4, -0.2) is 41.9 Å². The number of hydrogen-bond acceptors (Lipinski definition) is 7. The number of rotatable bonds is 5. The summed E-state index contributed by atoms with van der Waals surface area (Å²) < 4.78 is 47.7. The molecule has 186 valence electrons. The van der Waals surface area contributed by atoms with E-state index in [1.165, 1.54) is 42.9 Å². The van der Waals surface area contributed by atoms with Crippen LogP contribution in [-0.2, 0) is 13.2 Å². The van der Waals surface area contributed by atoms with Crippen molar-refractivity contribution in [2.24, 2.45) is 7.05 Å². The molecule has 11 nitrogen and oxygen atoms in total. The maximum Gasteiger partial charge on any atom is 0.417 e. The smallest absolute Gasteiger partial charge is 0.417 e. The molecule has 1 aromatic carbocycles. The number of aromatic carboxylic acids is 2. The first-order chi connectivity index (χ1) is 16.8. The summed E-state index contributed by atoms with van der Waals surface area (Å²) in [7, 11) is 1.44. The minimum atomic E-state index is -4.71. The molecule has 4 rings (SSSR count). The molecule has 0 saturated heterocycles. The monoisotopic (exact) mass is 503 g/mol. The molecule has 0 aliphatic carbocycles. The first-order valence-corrected chi connectivity index (χ1v) is 10.0. The number of carboxylic acid groups (broad SMARTS) is 2. The number of alkyl halides is 3. The average Bonchev–Trinajstić information content (AvgIpc) is 3.05. The van der Waals surface area contributed by atoms with E-state index in [0.29, 0.717) is 0 Å². The SMILES string of the molecule is Cc1nn(C)c2nc(Oc3ccc(-c4c(C(=O)O)c(N)[nH]c(=O)c4C(=O)O)cc3)cc(C(F)(F)F)c12. The van der Waals surface area contributed by atoms with E-state index in [-0.39, 0.29) is 33.9 Å². The third-order valence-corrected chi connectivity index (χ3v) is 5.29. The molecule has 0 unspecified atom stereocenters. The lowest BCUT2D eigenvalue weighted by Crippen LogP contribution is -2.24. The van der Waals surface area contributed by atoms with Gasteiger partial charge in [-0.05, 0) is 24.6 Å². The first-order valence-electron chi connectivity index (χ1n) is 10.0. The fraction of sp³-hybridized carbons (Fsp3) is 0.136. The Morgan fingerprint density at radius 2 is 1.72 bits per heavy atom. The third-order valence-electron chi connectivity index (χ3n) is 5.29. The van der Waals surface area contributed by atoms with Crippen LogP contribution >= 0.6 is 0 Å². The van der Waals surface area contributed by atoms with E-state index in [0.717, 1.165) is 6.07 Å². The largest absolute Gasteiger partial charge is 0.478 e. The fourth-order valence-corrected chi connectivity index (χ4v) is 3.84. The lowest BCUT2D eigenvalue weighted by atomic mass is 9.95. The van der Waals surface area contributed by atoms with Crippen LogP contribution in [0.4, 0.5) is 19.0 Å². The average molecular weight is 503 g/mol. The van der Waals surface area contributed by atoms with Gasteiger partial charge in [-0.1, -0.05) is 12.1 Å². The minimum absolute atomic E-state index is 0.00315. The van der Waals surface area contributed by atoms with Crippen LogP contribution < -0.4 is 16.0 Å². The van der Waals surface area contributed by atoms with Crippen LogP contribution in [0.15, 0.2) is 35.1 Å². The number of hydrogen-bond donors (Lipinski definition) is 4. The molecule has 0 radical (unpaired) electrons. The molecule has 0 aliphatic heterocycles. The third kappa shape index (κ3) is 4.08. The highest BCUT2D eigenvalue weighted by Gasteiger charge is 2.36. The van der Waals surface area contributed by atoms with Crippen LogP contribution in [0.25, 0.3) is 22.2 Å². The van der Waals surface area contributed by atoms with Crippen molar-refractivity contribution in [2.45, 2.75) is 13.1 Å². The molecule has 0 atom stereocenters. The molecule has 0 fully saturated rings. The van der Waals surface area contributed by atoms with Crippen LogP contribution in [0.1, 0.15) is 32.0 Å². The molecule has 0 amide bonds. The number of benzene rings is 1. The number of halogens is 3. The number of ether oxygens (including phenoxy) is 1. The number of nitrogens with two attached hydrogens (primary N) is 1. The van der Waals surface area contributed by atoms with Crippen molar-refractivity contribution in [3.05, 3.63) is 63.1 Å². The van der Waals surface area contributed by atoms with Gasteiger partial charge in [-0.2, -0.15) is 23.3 Å². The number of pyridine rings is 2. The minimum Gasteiger partial charge on any atom is -0.478 e. The Balaban J connectivity index is 1.80. The lowest BCUT2D eigenvalue weighted by Gasteiger charge is -2.13. The molecule has 0 spiro atoms. The van der Waals surface area contributed by atoms with Gasteiger partial charge in [-0.25, -0.2) is 9.59 Å². The van der Waals surface area contributed by atoms with Crippen molar-refractivity contribution in [3.8, 4) is 22.8 Å². The Kier molecular flexibility index (Phi) is 5.66. The molecule has 3 heterocycles. The number of nitrogens with zero attached hydrogens (tertiary/aromatic N) is 3. The van der Waals surface area contributed by atoms with E-state index in [1.807, 2.05) is 4.98 Å². The molecule has 36 heavy (non-hydrogen) atoms. The summed E-state index contributed by atoms with van der Waals surface area (Å²) in [6, 6.07) is 5.70. The zero-order valence-corrected chi connectivity index (χ0v) is 18.5. The standard InChI is InChI=1S/C22H16F3N5O6/c1-8-13-11(22(23,24)25)7-12(27-18(13)30(2)29-8)36-10-5-3-9(4-6-10)14-15(20(32)33)17(26)28-19(31)16(14)21(34)35/h3-7H,1-2H3,(H,32,33)(H,34,35)(H3,26,28,31). The highest BCUT2D eigenvalue weighted by molar-refractivity contribution is 6.07. The van der Waals surface area contributed by atoms with E-state index in [9.17, 15) is 37.8 Å². The van der Waals surface area contributed by atoms with Gasteiger partial charge >= 0.3 is 18.1 Å². The first kappa shape index (κ1) is 24.3. The maximum atomic E-state index is 13.7. The van der Waals surface area contributed by atoms with E-state index in [4.69, 9.17) is 10.5 Å². The summed E-state index contributed by atoms with van der Waals surface area (Å²) >= 11 is 0. The number of fused-ring (bicyclic) bond motifs is 1. The zero-order valence-electron chi connectivity index (χ0n) is 18.5. The summed E-state index contributed by atoms with van der Waals surface area (Å²) in [5.41, 5.74) is 1.69. The number of aromatic nitrogens is 4. The summed E-state index contributed by atoms with van der Waals surface area (Å²) in [5, 5.41) is 22.8. The van der Waals surface area contributed by atoms with Crippen LogP contribution in [0.2, 0.25) is 0 Å². The van der Waals surface area contributed by atoms with E-state index >= 15 is 0 Å². The Bertz CT molecular complexity index is 1610. The quantitative estimate of drug-likeness (QED) is 0.318. The highest BCUT2D eigenvalue weighted by atomic mass is 19.4. The predicted octanol–water partition coefficient (Wildman–Crippen LogP) is 3.42. The van der Waals surface area contributed by atoms with Crippen molar-refractivity contribution in [2.75, 3.05) is 5.73 Å². The number of nitrogens with one attached hydrogen (secondary N) is 1. The van der Waals surface area contributed by atoms with Crippen LogP contribution in [0.3, 0.4) is 0 Å². The zero-order chi connectivity index (χ0) is 26.5. The van der Waals surface area contributed by atoms with Gasteiger partial charge in [0, 0.05) is 18.7 Å². The van der Waals surface area contributed by atoms with Gasteiger partial charge in [0.25, 0.3) is 5.56 Å². The topological polar surface area (TPSA) is 173 Å². The number of carbonyl (C=O) groups is 2. The van der Waals surface area contributed by atoms with E-state index in [1.54, 1.807) is 0 Å². The van der Waals surface area contributed by atoms with Gasteiger partial charge in [-0.15, -0.1) is 0 Å². The van der Waals surface area contributed by atoms with Gasteiger partial charge in [0.2, 0.25) is 5.88 Å². The highest BCUT2D eigenvalue weighted by Crippen LogP contribution is 2.38. The van der Waals surface area contributed by atoms with Crippen molar-refractivity contribution in [1.82, 2.24) is 19.7 Å². The number of carboxylic acids is 2. The van der Waals surface area contributed by atoms with Gasteiger partial charge in [0.15, 0.2) is 5.65 Å². The number of aryl methyl sites for hydroxylation is 2. The van der Waals surface area contributed by atoms with E-state index in [2.05, 4.69) is 10.1 Å². The molecule has 3 aromatic heterocycles. The number of aromatic amines is 1. The van der Waals surface area contributed by atoms with Crippen molar-refractivity contribution in [1.29, 1.82) is 0 Å². The molecule has 5 N–H and O–H groups in total. The summed E-state index contributed by atoms with van der Waals surface area (Å²) in [4.78, 5) is 41.7. The second-order valence-electron chi connectivity index (χ2n) is 7.64. The maximum absolute atomic E-state index is 13.7. The van der Waals surface area contributed by atoms with Gasteiger partial charge in [-0.3, -0.25) is 9.48 Å². The summed E-state index contributed by atoms with van der Waals surface area (Å²) in [6.07, 6.45) is -4.71. The summed E-state index contributed by atoms with van der Waals surface area (Å²) in [5.74, 6) is -4.19. The lowest BCUT2D eigenvalue weighted by molar-refractivity contribution is -0.136. The Morgan fingerprint density at radius 3 is 2.28 bits per heavy atom. The number of nitrogen functional groups attached to an aromatic ring is 1. The molecule has 0 aliphatic rings. The predicted molar refractivity (Wildman–Crippen MR) is 119 cm³/mol. The van der Waals surface area contributed by atoms with Crippen molar-refractivity contribution < 1.29 is 37.7 Å². The second kappa shape index (κ2) is 8.41. The molecule has 0 saturated carbocycles. The molecule has 0 bridgehead atoms. The second-order valence-corrected chi connectivity index (χ2v) is 7.64. The Morgan fingerprint density at radius 1 is 1.11 bits per heavy atom. The van der Waals surface area contributed by atoms with Gasteiger partial charge in [0.1, 0.15) is 22.7 Å². The molecule has 14 heteroatoms. The van der Waals surface area contributed by atoms with Crippen LogP contribution in [0.5, 0.6) is 11.6 Å². The normalized spacial score (nSPS) is 11.6. The molecular weight excluding hydrogens is 487 g/mol. The van der Waals surface area contributed by atoms with Crippen molar-refractivity contribution >= 4 is 28.8 Å². The molecule has 4 aromatic rings. The Labute approximate surface area is 198 Å². The van der Waals surface area contributed by atoms with Crippen molar-refractivity contribution in [3.63, 3.8) is 0 Å². The van der Waals surface area contributed by atoms with Crippen LogP contribution in [0, 0.1) is 6.92 Å². The summed E-state index contributed by atoms with van der Waals surface area (Å²) in [6.45, 7) is 1.43. The number of anilines is 1. The fourth-order valence-electron chi connectivity index (χ4n) is 3.84. The number of H-pyrrole nitrogens is 1. The van der Waals surface area contributed by atoms with Gasteiger partial charge in [0.05, 0.1) is 16.6 Å². The Hall–Kier alpha value is -4.88. The van der Waals surface area contributed by atoms with Gasteiger partial charge < -0.3 is 25.7 Å². The van der Waals surface area contributed by atoms with E-state index < -0.39 is 51.7 Å². The molecular formula is C22H16F3N5O6.